The molecule has 0 radical (unpaired) electrons. The molecule has 0 saturated carbocycles. The van der Waals surface area contributed by atoms with Gasteiger partial charge in [-0.05, 0) is 11.0 Å². The SMILES string of the molecule is CCCO[P+](=O)CCBr. The van der Waals surface area contributed by atoms with Gasteiger partial charge in [0.2, 0.25) is 0 Å². The van der Waals surface area contributed by atoms with Gasteiger partial charge in [-0.25, -0.2) is 0 Å². The summed E-state index contributed by atoms with van der Waals surface area (Å²) in [5, 5.41) is 0.756. The van der Waals surface area contributed by atoms with Gasteiger partial charge >= 0.3 is 8.03 Å². The van der Waals surface area contributed by atoms with Gasteiger partial charge in [-0.15, -0.1) is 4.52 Å². The number of hydrogen-bond donors (Lipinski definition) is 0. The molecule has 0 aliphatic carbocycles. The van der Waals surface area contributed by atoms with Crippen LogP contribution < -0.4 is 0 Å². The highest BCUT2D eigenvalue weighted by atomic mass is 79.9. The van der Waals surface area contributed by atoms with Gasteiger partial charge in [0.05, 0.1) is 5.33 Å². The maximum absolute atomic E-state index is 10.7. The average Bonchev–Trinajstić information content (AvgIpc) is 1.85. The molecule has 0 fully saturated rings. The molecule has 0 saturated heterocycles. The average molecular weight is 214 g/mol. The Kier molecular flexibility index (Phi) is 7.06. The number of hydrogen-bond acceptors (Lipinski definition) is 2. The Hall–Kier alpha value is 0.540. The second-order valence-electron chi connectivity index (χ2n) is 1.58. The highest BCUT2D eigenvalue weighted by molar-refractivity contribution is 9.09. The molecule has 54 valence electrons. The van der Waals surface area contributed by atoms with Crippen LogP contribution in [0.3, 0.4) is 0 Å². The van der Waals surface area contributed by atoms with Crippen LogP contribution in [0.25, 0.3) is 0 Å². The van der Waals surface area contributed by atoms with Crippen LogP contribution in [0.5, 0.6) is 0 Å². The molecule has 0 aliphatic heterocycles. The largest absolute Gasteiger partial charge is 0.508 e. The van der Waals surface area contributed by atoms with E-state index in [4.69, 9.17) is 4.52 Å². The number of rotatable bonds is 5. The van der Waals surface area contributed by atoms with Gasteiger partial charge in [-0.3, -0.25) is 0 Å². The maximum Gasteiger partial charge on any atom is 0.508 e. The first kappa shape index (κ1) is 9.54. The Morgan fingerprint density at radius 1 is 1.67 bits per heavy atom. The molecular formula is C5H11BrO2P+. The molecule has 1 atom stereocenters. The van der Waals surface area contributed by atoms with E-state index in [2.05, 4.69) is 15.9 Å². The van der Waals surface area contributed by atoms with Crippen molar-refractivity contribution in [1.82, 2.24) is 0 Å². The van der Waals surface area contributed by atoms with Crippen LogP contribution in [0.15, 0.2) is 0 Å². The quantitative estimate of drug-likeness (QED) is 0.519. The first-order valence-electron chi connectivity index (χ1n) is 2.94. The number of alkyl halides is 1. The molecule has 9 heavy (non-hydrogen) atoms. The van der Waals surface area contributed by atoms with E-state index in [0.717, 1.165) is 11.8 Å². The van der Waals surface area contributed by atoms with Crippen LogP contribution in [0.1, 0.15) is 13.3 Å². The summed E-state index contributed by atoms with van der Waals surface area (Å²) in [5.74, 6) is 0. The van der Waals surface area contributed by atoms with E-state index in [1.807, 2.05) is 6.92 Å². The van der Waals surface area contributed by atoms with E-state index in [1.165, 1.54) is 0 Å². The van der Waals surface area contributed by atoms with Gasteiger partial charge in [-0.2, -0.15) is 0 Å². The third-order valence-corrected chi connectivity index (χ3v) is 2.78. The van der Waals surface area contributed by atoms with Crippen molar-refractivity contribution in [2.75, 3.05) is 18.1 Å². The van der Waals surface area contributed by atoms with E-state index < -0.39 is 8.03 Å². The lowest BCUT2D eigenvalue weighted by Gasteiger charge is -1.83. The van der Waals surface area contributed by atoms with Crippen molar-refractivity contribution < 1.29 is 9.09 Å². The summed E-state index contributed by atoms with van der Waals surface area (Å²) in [7, 11) is -1.38. The van der Waals surface area contributed by atoms with Crippen molar-refractivity contribution >= 4 is 24.0 Å². The molecule has 0 aromatic heterocycles. The smallest absolute Gasteiger partial charge is 0.146 e. The van der Waals surface area contributed by atoms with Crippen molar-refractivity contribution in [1.29, 1.82) is 0 Å². The van der Waals surface area contributed by atoms with Crippen molar-refractivity contribution in [2.24, 2.45) is 0 Å². The number of halogens is 1. The Balaban J connectivity index is 3.06. The van der Waals surface area contributed by atoms with Crippen LogP contribution in [-0.2, 0) is 9.09 Å². The first-order chi connectivity index (χ1) is 4.31. The summed E-state index contributed by atoms with van der Waals surface area (Å²) in [6, 6.07) is 0. The summed E-state index contributed by atoms with van der Waals surface area (Å²) >= 11 is 3.18. The zero-order chi connectivity index (χ0) is 7.11. The lowest BCUT2D eigenvalue weighted by atomic mass is 10.5. The molecule has 2 nitrogen and oxygen atoms in total. The van der Waals surface area contributed by atoms with Crippen LogP contribution in [-0.4, -0.2) is 18.1 Å². The van der Waals surface area contributed by atoms with Gasteiger partial charge in [0, 0.05) is 0 Å². The zero-order valence-corrected chi connectivity index (χ0v) is 7.95. The Morgan fingerprint density at radius 2 is 2.33 bits per heavy atom. The minimum Gasteiger partial charge on any atom is -0.146 e. The molecule has 1 unspecified atom stereocenters. The third kappa shape index (κ3) is 6.42. The van der Waals surface area contributed by atoms with Gasteiger partial charge in [0.15, 0.2) is 6.16 Å². The van der Waals surface area contributed by atoms with Crippen LogP contribution in [0.4, 0.5) is 0 Å². The second-order valence-corrected chi connectivity index (χ2v) is 3.74. The minimum absolute atomic E-state index is 0.613. The van der Waals surface area contributed by atoms with E-state index in [1.54, 1.807) is 0 Å². The molecule has 0 N–H and O–H groups in total. The standard InChI is InChI=1S/C5H11BrO2P/c1-2-4-8-9(7)5-3-6/h2-5H2,1H3/q+1. The van der Waals surface area contributed by atoms with Crippen LogP contribution >= 0.6 is 24.0 Å². The molecule has 0 bridgehead atoms. The third-order valence-electron chi connectivity index (χ3n) is 0.706. The fourth-order valence-corrected chi connectivity index (χ4v) is 1.85. The second kappa shape index (κ2) is 6.66. The Labute approximate surface area is 65.0 Å². The maximum atomic E-state index is 10.7. The highest BCUT2D eigenvalue weighted by Gasteiger charge is 2.13. The molecule has 0 spiro atoms. The predicted molar refractivity (Wildman–Crippen MR) is 42.5 cm³/mol. The predicted octanol–water partition coefficient (Wildman–Crippen LogP) is 2.55. The lowest BCUT2D eigenvalue weighted by Crippen LogP contribution is -1.86. The topological polar surface area (TPSA) is 26.3 Å². The highest BCUT2D eigenvalue weighted by Crippen LogP contribution is 2.21. The molecule has 4 heteroatoms. The minimum atomic E-state index is -1.38. The summed E-state index contributed by atoms with van der Waals surface area (Å²) in [4.78, 5) is 0. The summed E-state index contributed by atoms with van der Waals surface area (Å²) < 4.78 is 15.6. The molecule has 0 amide bonds. The zero-order valence-electron chi connectivity index (χ0n) is 5.47. The van der Waals surface area contributed by atoms with E-state index in [9.17, 15) is 4.57 Å². The summed E-state index contributed by atoms with van der Waals surface area (Å²) in [6.07, 6.45) is 1.55. The summed E-state index contributed by atoms with van der Waals surface area (Å²) in [5.41, 5.74) is 0. The van der Waals surface area contributed by atoms with Crippen LogP contribution in [0.2, 0.25) is 0 Å². The summed E-state index contributed by atoms with van der Waals surface area (Å²) in [6.45, 7) is 2.61. The molecule has 0 aliphatic rings. The van der Waals surface area contributed by atoms with Crippen molar-refractivity contribution in [3.63, 3.8) is 0 Å². The van der Waals surface area contributed by atoms with Gasteiger partial charge in [0.25, 0.3) is 0 Å². The molecule has 0 rings (SSSR count). The molecule has 0 aromatic carbocycles. The van der Waals surface area contributed by atoms with Crippen molar-refractivity contribution in [3.05, 3.63) is 0 Å². The van der Waals surface area contributed by atoms with Crippen LogP contribution in [0, 0.1) is 0 Å². The van der Waals surface area contributed by atoms with Crippen molar-refractivity contribution in [3.8, 4) is 0 Å². The van der Waals surface area contributed by atoms with Gasteiger partial charge in [0.1, 0.15) is 6.61 Å². The van der Waals surface area contributed by atoms with Gasteiger partial charge in [-0.1, -0.05) is 22.9 Å². The van der Waals surface area contributed by atoms with Gasteiger partial charge < -0.3 is 0 Å². The molecule has 0 aromatic rings. The monoisotopic (exact) mass is 213 g/mol. The van der Waals surface area contributed by atoms with Crippen molar-refractivity contribution in [2.45, 2.75) is 13.3 Å². The van der Waals surface area contributed by atoms with E-state index in [0.29, 0.717) is 12.8 Å². The fraction of sp³-hybridized carbons (Fsp3) is 1.00. The van der Waals surface area contributed by atoms with E-state index >= 15 is 0 Å². The normalized spacial score (nSPS) is 11.6. The lowest BCUT2D eigenvalue weighted by molar-refractivity contribution is 0.329. The molecule has 0 heterocycles. The first-order valence-corrected chi connectivity index (χ1v) is 5.43. The molecular weight excluding hydrogens is 203 g/mol. The fourth-order valence-electron chi connectivity index (χ4n) is 0.327. The Bertz CT molecular complexity index is 87.0. The Morgan fingerprint density at radius 3 is 2.78 bits per heavy atom. The van der Waals surface area contributed by atoms with E-state index in [-0.39, 0.29) is 0 Å².